The normalized spacial score (nSPS) is 13.1. The van der Waals surface area contributed by atoms with E-state index >= 15 is 0 Å². The van der Waals surface area contributed by atoms with Crippen molar-refractivity contribution in [2.45, 2.75) is 13.3 Å². The minimum atomic E-state index is 0.0312. The smallest absolute Gasteiger partial charge is 0.258 e. The molecule has 0 radical (unpaired) electrons. The number of carbonyl (C=O) groups excluding carboxylic acids is 1. The van der Waals surface area contributed by atoms with Crippen molar-refractivity contribution in [3.63, 3.8) is 0 Å². The summed E-state index contributed by atoms with van der Waals surface area (Å²) >= 11 is 3.46. The highest BCUT2D eigenvalue weighted by Gasteiger charge is 2.25. The van der Waals surface area contributed by atoms with Crippen molar-refractivity contribution in [3.05, 3.63) is 58.1 Å². The molecule has 0 N–H and O–H groups in total. The molecule has 1 heterocycles. The Morgan fingerprint density at radius 2 is 2.10 bits per heavy atom. The van der Waals surface area contributed by atoms with Crippen molar-refractivity contribution < 1.29 is 9.53 Å². The van der Waals surface area contributed by atoms with Crippen LogP contribution in [-0.2, 0) is 6.42 Å². The van der Waals surface area contributed by atoms with Gasteiger partial charge in [-0.15, -0.1) is 0 Å². The van der Waals surface area contributed by atoms with E-state index < -0.39 is 0 Å². The molecule has 1 aliphatic heterocycles. The maximum absolute atomic E-state index is 12.7. The van der Waals surface area contributed by atoms with E-state index in [1.807, 2.05) is 48.2 Å². The maximum atomic E-state index is 12.7. The molecule has 3 nitrogen and oxygen atoms in total. The van der Waals surface area contributed by atoms with Crippen molar-refractivity contribution in [1.29, 1.82) is 0 Å². The van der Waals surface area contributed by atoms with Crippen LogP contribution in [0.25, 0.3) is 0 Å². The van der Waals surface area contributed by atoms with Crippen LogP contribution in [0.4, 0.5) is 5.69 Å². The van der Waals surface area contributed by atoms with E-state index in [4.69, 9.17) is 4.74 Å². The molecule has 0 aliphatic carbocycles. The Balaban J connectivity index is 1.88. The Labute approximate surface area is 132 Å². The lowest BCUT2D eigenvalue weighted by molar-refractivity contribution is 0.0989. The van der Waals surface area contributed by atoms with Crippen LogP contribution < -0.4 is 9.64 Å². The first-order valence-electron chi connectivity index (χ1n) is 7.03. The number of benzene rings is 2. The van der Waals surface area contributed by atoms with Gasteiger partial charge in [-0.3, -0.25) is 4.79 Å². The Bertz CT molecular complexity index is 684. The number of hydrogen-bond donors (Lipinski definition) is 0. The number of rotatable bonds is 3. The third kappa shape index (κ3) is 2.68. The number of amides is 1. The van der Waals surface area contributed by atoms with Gasteiger partial charge in [-0.05, 0) is 59.1 Å². The average molecular weight is 346 g/mol. The number of hydrogen-bond acceptors (Lipinski definition) is 2. The lowest BCUT2D eigenvalue weighted by Gasteiger charge is -2.18. The van der Waals surface area contributed by atoms with E-state index in [9.17, 15) is 4.79 Å². The number of para-hydroxylation sites is 1. The molecule has 21 heavy (non-hydrogen) atoms. The lowest BCUT2D eigenvalue weighted by Crippen LogP contribution is -2.28. The van der Waals surface area contributed by atoms with Gasteiger partial charge in [0.25, 0.3) is 5.91 Å². The second-order valence-electron chi connectivity index (χ2n) is 4.91. The first-order chi connectivity index (χ1) is 10.2. The predicted molar refractivity (Wildman–Crippen MR) is 87.1 cm³/mol. The first-order valence-corrected chi connectivity index (χ1v) is 7.82. The number of nitrogens with zero attached hydrogens (tertiary/aromatic N) is 1. The molecule has 1 amide bonds. The molecule has 0 bridgehead atoms. The third-order valence-corrected chi connectivity index (χ3v) is 4.23. The van der Waals surface area contributed by atoms with Crippen LogP contribution in [0, 0.1) is 0 Å². The summed E-state index contributed by atoms with van der Waals surface area (Å²) in [5.74, 6) is 0.791. The van der Waals surface area contributed by atoms with Gasteiger partial charge >= 0.3 is 0 Å². The summed E-state index contributed by atoms with van der Waals surface area (Å²) in [6.45, 7) is 3.28. The Hall–Kier alpha value is -1.81. The van der Waals surface area contributed by atoms with E-state index in [1.54, 1.807) is 0 Å². The zero-order valence-corrected chi connectivity index (χ0v) is 13.4. The second-order valence-corrected chi connectivity index (χ2v) is 5.77. The summed E-state index contributed by atoms with van der Waals surface area (Å²) in [4.78, 5) is 14.5. The van der Waals surface area contributed by atoms with Crippen LogP contribution in [0.1, 0.15) is 22.8 Å². The minimum Gasteiger partial charge on any atom is -0.493 e. The molecule has 0 saturated carbocycles. The highest BCUT2D eigenvalue weighted by molar-refractivity contribution is 9.10. The molecule has 108 valence electrons. The van der Waals surface area contributed by atoms with Crippen LogP contribution in [0.5, 0.6) is 5.75 Å². The fourth-order valence-electron chi connectivity index (χ4n) is 2.61. The van der Waals surface area contributed by atoms with Gasteiger partial charge in [0.2, 0.25) is 0 Å². The second kappa shape index (κ2) is 5.90. The molecule has 0 unspecified atom stereocenters. The van der Waals surface area contributed by atoms with E-state index in [0.717, 1.165) is 28.9 Å². The summed E-state index contributed by atoms with van der Waals surface area (Å²) in [6.07, 6.45) is 0.917. The fourth-order valence-corrected chi connectivity index (χ4v) is 3.10. The fraction of sp³-hybridized carbons (Fsp3) is 0.235. The molecule has 0 atom stereocenters. The van der Waals surface area contributed by atoms with Crippen molar-refractivity contribution in [1.82, 2.24) is 0 Å². The molecule has 4 heteroatoms. The standard InChI is InChI=1S/C17H16BrNO2/c1-2-21-16-8-7-13(11-14(16)18)17(20)19-10-9-12-5-3-4-6-15(12)19/h3-8,11H,2,9-10H2,1H3. The predicted octanol–water partition coefficient (Wildman–Crippen LogP) is 4.05. The molecular weight excluding hydrogens is 330 g/mol. The average Bonchev–Trinajstić information content (AvgIpc) is 2.93. The lowest BCUT2D eigenvalue weighted by atomic mass is 10.1. The Kier molecular flexibility index (Phi) is 3.97. The monoisotopic (exact) mass is 345 g/mol. The van der Waals surface area contributed by atoms with Crippen LogP contribution in [0.15, 0.2) is 46.9 Å². The van der Waals surface area contributed by atoms with Crippen LogP contribution >= 0.6 is 15.9 Å². The van der Waals surface area contributed by atoms with Crippen molar-refractivity contribution in [3.8, 4) is 5.75 Å². The zero-order chi connectivity index (χ0) is 14.8. The van der Waals surface area contributed by atoms with Crippen LogP contribution in [-0.4, -0.2) is 19.1 Å². The minimum absolute atomic E-state index is 0.0312. The number of anilines is 1. The Morgan fingerprint density at radius 1 is 1.29 bits per heavy atom. The van der Waals surface area contributed by atoms with Crippen molar-refractivity contribution in [2.24, 2.45) is 0 Å². The third-order valence-electron chi connectivity index (χ3n) is 3.61. The topological polar surface area (TPSA) is 29.5 Å². The maximum Gasteiger partial charge on any atom is 0.258 e. The summed E-state index contributed by atoms with van der Waals surface area (Å²) in [6, 6.07) is 13.6. The van der Waals surface area contributed by atoms with Crippen molar-refractivity contribution in [2.75, 3.05) is 18.1 Å². The summed E-state index contributed by atoms with van der Waals surface area (Å²) in [5.41, 5.74) is 2.92. The first kappa shape index (κ1) is 14.1. The summed E-state index contributed by atoms with van der Waals surface area (Å²) in [7, 11) is 0. The van der Waals surface area contributed by atoms with Gasteiger partial charge in [0.05, 0.1) is 11.1 Å². The van der Waals surface area contributed by atoms with Gasteiger partial charge in [0.15, 0.2) is 0 Å². The number of fused-ring (bicyclic) bond motifs is 1. The quantitative estimate of drug-likeness (QED) is 0.839. The molecule has 1 aliphatic rings. The van der Waals surface area contributed by atoms with E-state index in [1.165, 1.54) is 5.56 Å². The number of ether oxygens (including phenoxy) is 1. The van der Waals surface area contributed by atoms with Gasteiger partial charge in [0.1, 0.15) is 5.75 Å². The highest BCUT2D eigenvalue weighted by Crippen LogP contribution is 2.31. The number of halogens is 1. The molecule has 0 fully saturated rings. The zero-order valence-electron chi connectivity index (χ0n) is 11.8. The van der Waals surface area contributed by atoms with Gasteiger partial charge < -0.3 is 9.64 Å². The molecule has 3 rings (SSSR count). The van der Waals surface area contributed by atoms with Crippen LogP contribution in [0.2, 0.25) is 0 Å². The van der Waals surface area contributed by atoms with E-state index in [-0.39, 0.29) is 5.91 Å². The van der Waals surface area contributed by atoms with E-state index in [2.05, 4.69) is 22.0 Å². The molecular formula is C17H16BrNO2. The largest absolute Gasteiger partial charge is 0.493 e. The van der Waals surface area contributed by atoms with Crippen LogP contribution in [0.3, 0.4) is 0 Å². The summed E-state index contributed by atoms with van der Waals surface area (Å²) in [5, 5.41) is 0. The van der Waals surface area contributed by atoms with Gasteiger partial charge in [-0.1, -0.05) is 18.2 Å². The summed E-state index contributed by atoms with van der Waals surface area (Å²) < 4.78 is 6.29. The molecule has 2 aromatic carbocycles. The van der Waals surface area contributed by atoms with Gasteiger partial charge in [0, 0.05) is 17.8 Å². The number of carbonyl (C=O) groups is 1. The molecule has 0 spiro atoms. The molecule has 0 saturated heterocycles. The highest BCUT2D eigenvalue weighted by atomic mass is 79.9. The SMILES string of the molecule is CCOc1ccc(C(=O)N2CCc3ccccc32)cc1Br. The van der Waals surface area contributed by atoms with Gasteiger partial charge in [-0.25, -0.2) is 0 Å². The van der Waals surface area contributed by atoms with Gasteiger partial charge in [-0.2, -0.15) is 0 Å². The van der Waals surface area contributed by atoms with E-state index in [0.29, 0.717) is 12.2 Å². The van der Waals surface area contributed by atoms with Crippen molar-refractivity contribution >= 4 is 27.5 Å². The Morgan fingerprint density at radius 3 is 2.86 bits per heavy atom. The molecule has 0 aromatic heterocycles. The molecule has 2 aromatic rings.